The maximum atomic E-state index is 2.77. The first kappa shape index (κ1) is 86.4. The number of nitrogens with zero attached hydrogens (tertiary/aromatic N) is 7. The summed E-state index contributed by atoms with van der Waals surface area (Å²) in [5, 5.41) is 23.3. The molecule has 10 aliphatic rings. The number of benzene rings is 18. The molecule has 7 aromatic heterocycles. The van der Waals surface area contributed by atoms with Crippen molar-refractivity contribution < 1.29 is 0 Å². The highest BCUT2D eigenvalue weighted by atomic mass is 32.1. The molecule has 150 heavy (non-hydrogen) atoms. The fourth-order valence-electron chi connectivity index (χ4n) is 31.5. The van der Waals surface area contributed by atoms with E-state index in [1.54, 1.807) is 15.9 Å². The van der Waals surface area contributed by atoms with Crippen molar-refractivity contribution in [3.8, 4) is 56.4 Å². The van der Waals surface area contributed by atoms with Gasteiger partial charge in [-0.25, -0.2) is 0 Å². The van der Waals surface area contributed by atoms with Crippen molar-refractivity contribution in [2.45, 2.75) is 149 Å². The molecule has 0 N–H and O–H groups in total. The largest absolute Gasteiger partial charge is 0.334 e. The van der Waals surface area contributed by atoms with Gasteiger partial charge in [0.05, 0.1) is 77.4 Å². The number of fused-ring (bicyclic) bond motifs is 45. The van der Waals surface area contributed by atoms with E-state index in [0.717, 1.165) is 0 Å². The van der Waals surface area contributed by atoms with E-state index in [-0.39, 0.29) is 41.9 Å². The minimum Gasteiger partial charge on any atom is -0.334 e. The third-order valence-corrected chi connectivity index (χ3v) is 42.3. The minimum absolute atomic E-state index is 0.0164. The summed E-state index contributed by atoms with van der Waals surface area (Å²) in [5.41, 5.74) is 51.2. The lowest BCUT2D eigenvalue weighted by Gasteiger charge is -2.50. The molecular weight excluding hydrogens is 1850 g/mol. The second-order valence-corrected chi connectivity index (χ2v) is 53.3. The molecule has 35 rings (SSSR count). The van der Waals surface area contributed by atoms with E-state index in [4.69, 9.17) is 0 Å². The van der Waals surface area contributed by atoms with Crippen LogP contribution in [0.1, 0.15) is 141 Å². The number of hydrogen-bond acceptors (Lipinski definition) is 2. The first-order valence-electron chi connectivity index (χ1n) is 55.0. The first-order valence-corrected chi connectivity index (χ1v) is 58.8. The Balaban J connectivity index is 0.0000000983. The molecule has 15 heterocycles. The summed E-state index contributed by atoms with van der Waals surface area (Å²) >= 11 is 1.84. The lowest BCUT2D eigenvalue weighted by Crippen LogP contribution is -2.60. The molecule has 8 aliphatic heterocycles. The van der Waals surface area contributed by atoms with Gasteiger partial charge in [-0.05, 0) is 256 Å². The molecule has 12 heteroatoms. The Labute approximate surface area is 878 Å². The van der Waals surface area contributed by atoms with Gasteiger partial charge in [-0.3, -0.25) is 0 Å². The standard InChI is InChI=1S/C50H44BN3.C50H41BN2S.C38H25BN2Si/c1-49-28-14-15-29-50(49,2)54(40-24-12-8-20-35(40)49)32-26-27-37-42(30-32)53-39-23-11-7-19-34(39)45-43(31-16-4-3-5-17-31)44-33-18-6-10-22-38(33)52-41-25-13-9-21-36(41)51(37)46(47(44)52)48(45)53;1-49(2,3)24-13-12-14-30-19-20-39-42(26-30)52-41-18-11-10-17-33(41)36-29-37-35-27-32(31-15-8-7-9-16-31)28-38(50(4,5)6)45(35)53-46-34-23-25-54-43(34)22-21-40(46)51(39)44(47(36)52)48(37)53;1-42(2)32-18-10-5-13-24(32)34-33(42)20-19-28-38(34)41-30-16-8-4-12-23(30)26-21-25-22-11-3-7-15-29(22)40-31-17-9-6-14-27(31)39(28)35(36(25)40)37(26)41/h6-13,18-27,30-31H,3-5,14-17,28-29H2,1-2H3;7-29H,1-6H3;3-21H,1-2H3/b;14-12+,24-13+;. The topological polar surface area (TPSA) is 32.8 Å². The number of thiophene rings is 1. The molecule has 716 valence electrons. The van der Waals surface area contributed by atoms with Crippen molar-refractivity contribution in [3.63, 3.8) is 0 Å². The van der Waals surface area contributed by atoms with E-state index in [0.29, 0.717) is 5.92 Å². The number of allylic oxidation sites excluding steroid dienone is 3. The van der Waals surface area contributed by atoms with Crippen LogP contribution in [0.15, 0.2) is 363 Å². The van der Waals surface area contributed by atoms with E-state index < -0.39 is 8.07 Å². The Bertz CT molecular complexity index is 10500. The van der Waals surface area contributed by atoms with Gasteiger partial charge in [-0.1, -0.05) is 355 Å². The molecule has 18 aromatic carbocycles. The summed E-state index contributed by atoms with van der Waals surface area (Å²) in [7, 11) is -1.84. The molecular formula is C138H110B3N7SSi. The van der Waals surface area contributed by atoms with Crippen LogP contribution in [0.3, 0.4) is 0 Å². The highest BCUT2D eigenvalue weighted by Crippen LogP contribution is 2.62. The van der Waals surface area contributed by atoms with Gasteiger partial charge in [0.15, 0.2) is 0 Å². The Hall–Kier alpha value is -15.6. The highest BCUT2D eigenvalue weighted by Gasteiger charge is 2.59. The zero-order valence-electron chi connectivity index (χ0n) is 86.4. The summed E-state index contributed by atoms with van der Waals surface area (Å²) in [4.78, 5) is 2.77. The normalized spacial score (nSPS) is 17.4. The van der Waals surface area contributed by atoms with E-state index >= 15 is 0 Å². The maximum absolute atomic E-state index is 2.77. The molecule has 0 saturated heterocycles. The predicted molar refractivity (Wildman–Crippen MR) is 647 cm³/mol. The van der Waals surface area contributed by atoms with Crippen LogP contribution in [0.25, 0.3) is 203 Å². The monoisotopic (exact) mass is 1960 g/mol. The predicted octanol–water partition coefficient (Wildman–Crippen LogP) is 28.5. The van der Waals surface area contributed by atoms with Gasteiger partial charge in [0.25, 0.3) is 20.1 Å². The Morgan fingerprint density at radius 1 is 0.353 bits per heavy atom. The first-order chi connectivity index (χ1) is 73.3. The molecule has 0 bridgehead atoms. The summed E-state index contributed by atoms with van der Waals surface area (Å²) in [6.45, 7) is 24.5. The van der Waals surface area contributed by atoms with Crippen LogP contribution in [-0.2, 0) is 10.8 Å². The van der Waals surface area contributed by atoms with Crippen LogP contribution in [0.4, 0.5) is 11.4 Å². The molecule has 2 aliphatic carbocycles. The van der Waals surface area contributed by atoms with E-state index in [2.05, 4.69) is 470 Å². The molecule has 0 spiro atoms. The number of anilines is 2. The van der Waals surface area contributed by atoms with E-state index in [1.165, 1.54) is 332 Å². The fourth-order valence-corrected chi connectivity index (χ4v) is 35.4. The molecule has 25 aromatic rings. The number of para-hydroxylation sites is 8. The summed E-state index contributed by atoms with van der Waals surface area (Å²) in [5.74, 6) is 0.555. The van der Waals surface area contributed by atoms with Crippen LogP contribution >= 0.6 is 11.3 Å². The summed E-state index contributed by atoms with van der Waals surface area (Å²) in [6, 6.07) is 131. The zero-order valence-corrected chi connectivity index (χ0v) is 88.2. The van der Waals surface area contributed by atoms with Crippen LogP contribution in [0.2, 0.25) is 13.1 Å². The second kappa shape index (κ2) is 30.4. The summed E-state index contributed by atoms with van der Waals surface area (Å²) < 4.78 is 17.2. The van der Waals surface area contributed by atoms with Gasteiger partial charge in [0.2, 0.25) is 0 Å². The smallest absolute Gasteiger partial charge is 0.252 e. The van der Waals surface area contributed by atoms with Gasteiger partial charge in [-0.15, -0.1) is 11.3 Å². The third kappa shape index (κ3) is 11.1. The minimum atomic E-state index is -1.84. The van der Waals surface area contributed by atoms with Gasteiger partial charge in [0.1, 0.15) is 8.07 Å². The Kier molecular flexibility index (Phi) is 17.5. The molecule has 2 atom stereocenters. The van der Waals surface area contributed by atoms with Crippen LogP contribution in [0, 0.1) is 5.41 Å². The zero-order chi connectivity index (χ0) is 99.7. The van der Waals surface area contributed by atoms with Gasteiger partial charge in [-0.2, -0.15) is 0 Å². The molecule has 2 saturated carbocycles. The van der Waals surface area contributed by atoms with E-state index in [9.17, 15) is 0 Å². The number of rotatable bonds is 5. The van der Waals surface area contributed by atoms with Crippen LogP contribution in [0.5, 0.6) is 0 Å². The third-order valence-electron chi connectivity index (χ3n) is 37.9. The van der Waals surface area contributed by atoms with Crippen molar-refractivity contribution >= 4 is 257 Å². The Morgan fingerprint density at radius 2 is 0.840 bits per heavy atom. The van der Waals surface area contributed by atoms with Gasteiger partial charge < -0.3 is 32.3 Å². The molecule has 7 nitrogen and oxygen atoms in total. The average molecular weight is 1960 g/mol. The van der Waals surface area contributed by atoms with E-state index in [1.807, 2.05) is 11.3 Å². The van der Waals surface area contributed by atoms with Gasteiger partial charge in [0, 0.05) is 126 Å². The molecule has 2 fully saturated rings. The highest BCUT2D eigenvalue weighted by molar-refractivity contribution is 7.17. The molecule has 2 unspecified atom stereocenters. The Morgan fingerprint density at radius 3 is 1.49 bits per heavy atom. The van der Waals surface area contributed by atoms with Crippen molar-refractivity contribution in [2.24, 2.45) is 5.41 Å². The second-order valence-electron chi connectivity index (χ2n) is 48.1. The fraction of sp³-hybridized carbons (Fsp3) is 0.174. The maximum Gasteiger partial charge on any atom is 0.252 e. The van der Waals surface area contributed by atoms with Crippen molar-refractivity contribution in [2.75, 3.05) is 4.90 Å². The molecule has 0 amide bonds. The van der Waals surface area contributed by atoms with Crippen molar-refractivity contribution in [3.05, 3.63) is 386 Å². The number of hydrogen-bond donors (Lipinski definition) is 0. The lowest BCUT2D eigenvalue weighted by atomic mass is 9.34. The SMILES string of the molecule is CC(C)(C)/C=C/C=C/c1ccc2c(c1)-n1c3ccccc3c3cc4c5cc(-c6ccccc6)cc(C(C)(C)C)c5n5c4c(c31)B2c1ccc2sccc2c1-5.CC12CCCCC1(C)N(c1ccc3c(c1)-n1c4ccccc4c4c(C5CCCCC5)c5c6ccccc6n6c5c(c41)B3c1ccccc1-6)c1ccccc12.C[Si]1(C)c2ccccc2-c2c1ccc1c2-n2c3ccccc3c3cc4c5ccccc5n5c4c(c32)B1c1ccccc1-5. The van der Waals surface area contributed by atoms with Crippen LogP contribution < -0.4 is 64.4 Å². The quantitative estimate of drug-likeness (QED) is 0.125. The summed E-state index contributed by atoms with van der Waals surface area (Å²) in [6.07, 6.45) is 20.5. The van der Waals surface area contributed by atoms with Crippen molar-refractivity contribution in [1.29, 1.82) is 0 Å². The lowest BCUT2D eigenvalue weighted by molar-refractivity contribution is 0.195. The molecule has 0 radical (unpaired) electrons. The van der Waals surface area contributed by atoms with Gasteiger partial charge >= 0.3 is 0 Å². The van der Waals surface area contributed by atoms with Crippen molar-refractivity contribution in [1.82, 2.24) is 27.4 Å². The number of aromatic nitrogens is 6. The average Bonchev–Trinajstić information content (AvgIpc) is 1.52. The van der Waals surface area contributed by atoms with Crippen LogP contribution in [-0.4, -0.2) is 61.2 Å².